The molecule has 0 unspecified atom stereocenters. The van der Waals surface area contributed by atoms with E-state index in [0.29, 0.717) is 5.56 Å². The average Bonchev–Trinajstić information content (AvgIpc) is 2.96. The first kappa shape index (κ1) is 18.1. The summed E-state index contributed by atoms with van der Waals surface area (Å²) in [5, 5.41) is 28.0. The number of hydrogen-bond donors (Lipinski definition) is 1. The number of halogens is 1. The lowest BCUT2D eigenvalue weighted by Crippen LogP contribution is -2.24. The van der Waals surface area contributed by atoms with Gasteiger partial charge in [0, 0.05) is 12.1 Å². The number of ether oxygens (including phenoxy) is 1. The van der Waals surface area contributed by atoms with E-state index >= 15 is 0 Å². The van der Waals surface area contributed by atoms with Crippen LogP contribution in [-0.2, 0) is 6.54 Å². The van der Waals surface area contributed by atoms with Gasteiger partial charge in [-0.15, -0.1) is 0 Å². The quantitative estimate of drug-likeness (QED) is 0.648. The van der Waals surface area contributed by atoms with Gasteiger partial charge in [0.05, 0.1) is 36.4 Å². The molecule has 2 aromatic carbocycles. The van der Waals surface area contributed by atoms with Crippen molar-refractivity contribution < 1.29 is 19.0 Å². The Kier molecular flexibility index (Phi) is 5.16. The van der Waals surface area contributed by atoms with Crippen molar-refractivity contribution in [2.75, 3.05) is 13.1 Å². The molecule has 1 N–H and O–H groups in total. The summed E-state index contributed by atoms with van der Waals surface area (Å²) in [5.41, 5.74) is 0.734. The molecule has 0 aromatic heterocycles. The minimum absolute atomic E-state index is 0.0253. The maximum atomic E-state index is 13.9. The maximum absolute atomic E-state index is 13.9. The van der Waals surface area contributed by atoms with Crippen molar-refractivity contribution >= 4 is 11.9 Å². The van der Waals surface area contributed by atoms with E-state index in [1.54, 1.807) is 12.1 Å². The molecule has 1 aliphatic heterocycles. The number of carbonyl (C=O) groups excluding carboxylic acids is 1. The Labute approximate surface area is 154 Å². The van der Waals surface area contributed by atoms with Crippen LogP contribution in [0.25, 0.3) is 6.08 Å². The molecule has 2 aromatic rings. The standard InChI is InChI=1S/C20H14FN3O3/c21-16-4-2-1-3-13(16)11-18-19(26)14-5-6-17(25)15(20(14)27-18)12-24(9-7-22)10-8-23/h1-6,11,25H,9-10,12H2/b18-11-. The number of Topliss-reactive ketones (excluding diaryl/α,β-unsaturated/α-hetero) is 1. The first-order valence-electron chi connectivity index (χ1n) is 8.05. The first-order chi connectivity index (χ1) is 13.0. The topological polar surface area (TPSA) is 97.3 Å². The van der Waals surface area contributed by atoms with Crippen LogP contribution in [0.3, 0.4) is 0 Å². The van der Waals surface area contributed by atoms with Gasteiger partial charge in [0.2, 0.25) is 5.78 Å². The van der Waals surface area contributed by atoms with Crippen LogP contribution in [0.4, 0.5) is 4.39 Å². The summed E-state index contributed by atoms with van der Waals surface area (Å²) < 4.78 is 19.5. The Morgan fingerprint density at radius 3 is 2.52 bits per heavy atom. The summed E-state index contributed by atoms with van der Waals surface area (Å²) in [4.78, 5) is 14.1. The summed E-state index contributed by atoms with van der Waals surface area (Å²) in [7, 11) is 0. The lowest BCUT2D eigenvalue weighted by Gasteiger charge is -2.17. The second-order valence-corrected chi connectivity index (χ2v) is 5.86. The number of benzene rings is 2. The van der Waals surface area contributed by atoms with Gasteiger partial charge in [-0.3, -0.25) is 9.69 Å². The number of hydrogen-bond acceptors (Lipinski definition) is 6. The van der Waals surface area contributed by atoms with Gasteiger partial charge in [0.1, 0.15) is 17.3 Å². The number of phenolic OH excluding ortho intramolecular Hbond substituents is 1. The largest absolute Gasteiger partial charge is 0.507 e. The highest BCUT2D eigenvalue weighted by molar-refractivity contribution is 6.15. The zero-order valence-electron chi connectivity index (χ0n) is 14.1. The number of aromatic hydroxyl groups is 1. The average molecular weight is 363 g/mol. The van der Waals surface area contributed by atoms with E-state index in [9.17, 15) is 14.3 Å². The van der Waals surface area contributed by atoms with E-state index in [-0.39, 0.29) is 48.0 Å². The molecule has 0 saturated carbocycles. The highest BCUT2D eigenvalue weighted by Crippen LogP contribution is 2.40. The monoisotopic (exact) mass is 363 g/mol. The molecule has 0 bridgehead atoms. The van der Waals surface area contributed by atoms with Crippen molar-refractivity contribution in [3.05, 3.63) is 64.7 Å². The highest BCUT2D eigenvalue weighted by atomic mass is 19.1. The minimum atomic E-state index is -0.491. The molecule has 6 nitrogen and oxygen atoms in total. The Morgan fingerprint density at radius 2 is 1.85 bits per heavy atom. The summed E-state index contributed by atoms with van der Waals surface area (Å²) in [6.45, 7) is 0.00145. The molecule has 0 radical (unpaired) electrons. The fourth-order valence-electron chi connectivity index (χ4n) is 2.77. The van der Waals surface area contributed by atoms with Crippen LogP contribution < -0.4 is 4.74 Å². The summed E-state index contributed by atoms with van der Waals surface area (Å²) in [6, 6.07) is 12.7. The maximum Gasteiger partial charge on any atom is 0.231 e. The third-order valence-corrected chi connectivity index (χ3v) is 4.08. The molecule has 27 heavy (non-hydrogen) atoms. The molecular weight excluding hydrogens is 349 g/mol. The van der Waals surface area contributed by atoms with Crippen LogP contribution in [0.2, 0.25) is 0 Å². The number of allylic oxidation sites excluding steroid dienone is 1. The van der Waals surface area contributed by atoms with Gasteiger partial charge < -0.3 is 9.84 Å². The van der Waals surface area contributed by atoms with Gasteiger partial charge in [-0.05, 0) is 24.3 Å². The number of fused-ring (bicyclic) bond motifs is 1. The SMILES string of the molecule is N#CCN(CC#N)Cc1c(O)ccc2c1O/C(=C\c1ccccc1F)C2=O. The molecule has 134 valence electrons. The first-order valence-corrected chi connectivity index (χ1v) is 8.05. The smallest absolute Gasteiger partial charge is 0.231 e. The lowest BCUT2D eigenvalue weighted by atomic mass is 10.0. The molecule has 3 rings (SSSR count). The van der Waals surface area contributed by atoms with Crippen molar-refractivity contribution in [3.63, 3.8) is 0 Å². The fraction of sp³-hybridized carbons (Fsp3) is 0.150. The third-order valence-electron chi connectivity index (χ3n) is 4.08. The lowest BCUT2D eigenvalue weighted by molar-refractivity contribution is 0.101. The predicted molar refractivity (Wildman–Crippen MR) is 93.9 cm³/mol. The molecule has 0 atom stereocenters. The van der Waals surface area contributed by atoms with Gasteiger partial charge >= 0.3 is 0 Å². The van der Waals surface area contributed by atoms with Crippen LogP contribution in [0.15, 0.2) is 42.2 Å². The molecule has 1 aliphatic rings. The van der Waals surface area contributed by atoms with E-state index in [1.165, 1.54) is 35.2 Å². The van der Waals surface area contributed by atoms with Gasteiger partial charge in [-0.2, -0.15) is 10.5 Å². The van der Waals surface area contributed by atoms with Gasteiger partial charge in [0.25, 0.3) is 0 Å². The highest BCUT2D eigenvalue weighted by Gasteiger charge is 2.31. The van der Waals surface area contributed by atoms with Crippen LogP contribution in [0, 0.1) is 28.5 Å². The van der Waals surface area contributed by atoms with E-state index in [1.807, 2.05) is 12.1 Å². The molecule has 7 heteroatoms. The number of rotatable bonds is 5. The van der Waals surface area contributed by atoms with Gasteiger partial charge in [-0.25, -0.2) is 4.39 Å². The second-order valence-electron chi connectivity index (χ2n) is 5.86. The third kappa shape index (κ3) is 3.64. The van der Waals surface area contributed by atoms with Crippen molar-refractivity contribution in [2.24, 2.45) is 0 Å². The molecule has 0 saturated heterocycles. The number of nitriles is 2. The number of ketones is 1. The number of carbonyl (C=O) groups is 1. The van der Waals surface area contributed by atoms with E-state index in [0.717, 1.165) is 0 Å². The Balaban J connectivity index is 1.98. The normalized spacial score (nSPS) is 13.9. The van der Waals surface area contributed by atoms with Crippen molar-refractivity contribution in [1.82, 2.24) is 4.90 Å². The van der Waals surface area contributed by atoms with E-state index in [2.05, 4.69) is 0 Å². The molecule has 0 fully saturated rings. The van der Waals surface area contributed by atoms with Crippen LogP contribution >= 0.6 is 0 Å². The Bertz CT molecular complexity index is 1000. The van der Waals surface area contributed by atoms with Crippen LogP contribution in [-0.4, -0.2) is 28.9 Å². The molecule has 0 aliphatic carbocycles. The zero-order valence-corrected chi connectivity index (χ0v) is 14.1. The Hall–Kier alpha value is -3.68. The van der Waals surface area contributed by atoms with Crippen molar-refractivity contribution in [2.45, 2.75) is 6.54 Å². The van der Waals surface area contributed by atoms with Gasteiger partial charge in [-0.1, -0.05) is 18.2 Å². The molecular formula is C20H14FN3O3. The van der Waals surface area contributed by atoms with Crippen molar-refractivity contribution in [1.29, 1.82) is 10.5 Å². The van der Waals surface area contributed by atoms with Crippen molar-refractivity contribution in [3.8, 4) is 23.6 Å². The fourth-order valence-corrected chi connectivity index (χ4v) is 2.77. The summed E-state index contributed by atoms with van der Waals surface area (Å²) in [5.74, 6) is -0.941. The minimum Gasteiger partial charge on any atom is -0.507 e. The van der Waals surface area contributed by atoms with Gasteiger partial charge in [0.15, 0.2) is 5.76 Å². The van der Waals surface area contributed by atoms with E-state index < -0.39 is 11.6 Å². The number of nitrogens with zero attached hydrogens (tertiary/aromatic N) is 3. The van der Waals surface area contributed by atoms with E-state index in [4.69, 9.17) is 15.3 Å². The predicted octanol–water partition coefficient (Wildman–Crippen LogP) is 3.00. The zero-order chi connectivity index (χ0) is 19.4. The molecule has 1 heterocycles. The number of phenols is 1. The second kappa shape index (κ2) is 7.69. The molecule has 0 amide bonds. The van der Waals surface area contributed by atoms with Crippen LogP contribution in [0.1, 0.15) is 21.5 Å². The molecule has 0 spiro atoms. The van der Waals surface area contributed by atoms with Crippen LogP contribution in [0.5, 0.6) is 11.5 Å². The summed E-state index contributed by atoms with van der Waals surface area (Å²) in [6.07, 6.45) is 1.31. The summed E-state index contributed by atoms with van der Waals surface area (Å²) >= 11 is 0. The Morgan fingerprint density at radius 1 is 1.15 bits per heavy atom.